The largest absolute Gasteiger partial charge is 0.496 e. The first kappa shape index (κ1) is 20.8. The maximum atomic E-state index is 13.6. The number of hydrogen-bond donors (Lipinski definition) is 0. The second-order valence-electron chi connectivity index (χ2n) is 7.08. The summed E-state index contributed by atoms with van der Waals surface area (Å²) in [5, 5.41) is 0.368. The molecule has 0 aliphatic carbocycles. The van der Waals surface area contributed by atoms with Gasteiger partial charge in [0.1, 0.15) is 11.3 Å². The summed E-state index contributed by atoms with van der Waals surface area (Å²) in [5.74, 6) is 0.856. The van der Waals surface area contributed by atoms with E-state index in [9.17, 15) is 9.59 Å². The summed E-state index contributed by atoms with van der Waals surface area (Å²) in [6, 6.07) is 8.54. The fourth-order valence-corrected chi connectivity index (χ4v) is 3.65. The Kier molecular flexibility index (Phi) is 5.84. The van der Waals surface area contributed by atoms with Gasteiger partial charge in [-0.25, -0.2) is 4.79 Å². The Morgan fingerprint density at radius 3 is 2.55 bits per heavy atom. The quantitative estimate of drug-likeness (QED) is 0.562. The van der Waals surface area contributed by atoms with Crippen molar-refractivity contribution in [2.24, 2.45) is 0 Å². The number of rotatable bonds is 5. The number of esters is 1. The lowest BCUT2D eigenvalue weighted by molar-refractivity contribution is 0.0492. The third-order valence-corrected chi connectivity index (χ3v) is 5.17. The molecule has 2 aromatic carbocycles. The predicted octanol–water partition coefficient (Wildman–Crippen LogP) is 4.37. The maximum absolute atomic E-state index is 13.6. The minimum absolute atomic E-state index is 0.133. The minimum Gasteiger partial charge on any atom is -0.496 e. The van der Waals surface area contributed by atoms with Crippen LogP contribution in [-0.4, -0.2) is 32.9 Å². The average molecular weight is 424 g/mol. The molecular weight excluding hydrogens is 400 g/mol. The summed E-state index contributed by atoms with van der Waals surface area (Å²) in [6.07, 6.45) is 1.44. The number of aryl methyl sites for hydroxylation is 1. The highest BCUT2D eigenvalue weighted by Crippen LogP contribution is 2.36. The summed E-state index contributed by atoms with van der Waals surface area (Å²) < 4.78 is 28.0. The maximum Gasteiger partial charge on any atom is 0.375 e. The van der Waals surface area contributed by atoms with Crippen LogP contribution in [0.5, 0.6) is 17.2 Å². The van der Waals surface area contributed by atoms with Crippen LogP contribution in [0.3, 0.4) is 0 Å². The zero-order valence-corrected chi connectivity index (χ0v) is 17.8. The van der Waals surface area contributed by atoms with Gasteiger partial charge in [0.2, 0.25) is 11.2 Å². The molecule has 3 aromatic rings. The Labute approximate surface area is 179 Å². The Bertz CT molecular complexity index is 1190. The van der Waals surface area contributed by atoms with Gasteiger partial charge in [-0.3, -0.25) is 4.79 Å². The van der Waals surface area contributed by atoms with Crippen LogP contribution in [0.4, 0.5) is 0 Å². The van der Waals surface area contributed by atoms with Crippen molar-refractivity contribution in [3.8, 4) is 28.4 Å². The van der Waals surface area contributed by atoms with Crippen LogP contribution in [-0.2, 0) is 11.2 Å². The van der Waals surface area contributed by atoms with Crippen LogP contribution in [0.1, 0.15) is 36.4 Å². The fourth-order valence-electron chi connectivity index (χ4n) is 3.65. The average Bonchev–Trinajstić information content (AvgIpc) is 3.03. The Hall–Kier alpha value is -3.48. The van der Waals surface area contributed by atoms with E-state index in [1.807, 2.05) is 6.92 Å². The van der Waals surface area contributed by atoms with Gasteiger partial charge in [0.05, 0.1) is 37.9 Å². The van der Waals surface area contributed by atoms with E-state index < -0.39 is 5.97 Å². The van der Waals surface area contributed by atoms with Gasteiger partial charge < -0.3 is 23.4 Å². The lowest BCUT2D eigenvalue weighted by Gasteiger charge is -2.14. The van der Waals surface area contributed by atoms with Crippen LogP contribution in [0.15, 0.2) is 39.5 Å². The molecule has 0 bridgehead atoms. The molecule has 4 rings (SSSR count). The van der Waals surface area contributed by atoms with Crippen molar-refractivity contribution in [2.45, 2.75) is 26.7 Å². The lowest BCUT2D eigenvalue weighted by Crippen LogP contribution is -2.15. The Morgan fingerprint density at radius 1 is 1.06 bits per heavy atom. The second kappa shape index (κ2) is 8.71. The molecule has 7 heteroatoms. The molecule has 31 heavy (non-hydrogen) atoms. The van der Waals surface area contributed by atoms with Gasteiger partial charge in [-0.2, -0.15) is 0 Å². The number of ether oxygens (including phenoxy) is 4. The third-order valence-electron chi connectivity index (χ3n) is 5.17. The molecule has 0 amide bonds. The van der Waals surface area contributed by atoms with E-state index in [0.717, 1.165) is 12.0 Å². The number of carbonyl (C=O) groups excluding carboxylic acids is 1. The van der Waals surface area contributed by atoms with Crippen molar-refractivity contribution in [1.82, 2.24) is 0 Å². The monoisotopic (exact) mass is 424 g/mol. The van der Waals surface area contributed by atoms with Gasteiger partial charge in [-0.05, 0) is 42.7 Å². The van der Waals surface area contributed by atoms with E-state index in [0.29, 0.717) is 47.8 Å². The number of carbonyl (C=O) groups is 1. The smallest absolute Gasteiger partial charge is 0.375 e. The number of fused-ring (bicyclic) bond motifs is 2. The molecule has 1 aliphatic heterocycles. The standard InChI is InChI=1S/C24H24O7/c1-4-14-11-16-19(13-18(14)27-3)31-23(24(26)28-5-2)21(22(16)25)15-7-8-17-20(12-15)30-10-6-9-29-17/h7-8,11-13H,4-6,9-10H2,1-3H3. The molecule has 0 unspecified atom stereocenters. The van der Waals surface area contributed by atoms with Crippen molar-refractivity contribution in [1.29, 1.82) is 0 Å². The van der Waals surface area contributed by atoms with Crippen LogP contribution in [0.2, 0.25) is 0 Å². The topological polar surface area (TPSA) is 84.2 Å². The number of benzene rings is 2. The first-order valence-corrected chi connectivity index (χ1v) is 10.3. The van der Waals surface area contributed by atoms with E-state index in [1.165, 1.54) is 0 Å². The van der Waals surface area contributed by atoms with Crippen molar-refractivity contribution >= 4 is 16.9 Å². The molecule has 0 saturated carbocycles. The van der Waals surface area contributed by atoms with Crippen LogP contribution >= 0.6 is 0 Å². The van der Waals surface area contributed by atoms with Gasteiger partial charge in [-0.1, -0.05) is 13.0 Å². The SMILES string of the molecule is CCOC(=O)c1oc2cc(OC)c(CC)cc2c(=O)c1-c1ccc2c(c1)OCCCO2. The fraction of sp³-hybridized carbons (Fsp3) is 0.333. The van der Waals surface area contributed by atoms with Crippen molar-refractivity contribution in [2.75, 3.05) is 26.9 Å². The highest BCUT2D eigenvalue weighted by atomic mass is 16.5. The van der Waals surface area contributed by atoms with E-state index in [-0.39, 0.29) is 28.9 Å². The summed E-state index contributed by atoms with van der Waals surface area (Å²) in [4.78, 5) is 26.3. The number of methoxy groups -OCH3 is 1. The molecule has 0 saturated heterocycles. The summed E-state index contributed by atoms with van der Waals surface area (Å²) in [5.41, 5.74) is 1.44. The van der Waals surface area contributed by atoms with E-state index in [4.69, 9.17) is 23.4 Å². The van der Waals surface area contributed by atoms with Crippen LogP contribution in [0.25, 0.3) is 22.1 Å². The molecule has 162 valence electrons. The van der Waals surface area contributed by atoms with Gasteiger partial charge in [0.25, 0.3) is 0 Å². The highest BCUT2D eigenvalue weighted by Gasteiger charge is 2.25. The highest BCUT2D eigenvalue weighted by molar-refractivity contribution is 5.98. The molecule has 0 fully saturated rings. The van der Waals surface area contributed by atoms with E-state index >= 15 is 0 Å². The van der Waals surface area contributed by atoms with E-state index in [2.05, 4.69) is 0 Å². The summed E-state index contributed by atoms with van der Waals surface area (Å²) >= 11 is 0. The first-order chi connectivity index (χ1) is 15.1. The summed E-state index contributed by atoms with van der Waals surface area (Å²) in [7, 11) is 1.55. The van der Waals surface area contributed by atoms with Crippen molar-refractivity contribution < 1.29 is 28.2 Å². The normalized spacial score (nSPS) is 13.0. The molecule has 0 atom stereocenters. The Morgan fingerprint density at radius 2 is 1.84 bits per heavy atom. The molecule has 1 aromatic heterocycles. The molecule has 1 aliphatic rings. The van der Waals surface area contributed by atoms with Gasteiger partial charge >= 0.3 is 5.97 Å². The van der Waals surface area contributed by atoms with E-state index in [1.54, 1.807) is 44.4 Å². The third kappa shape index (κ3) is 3.83. The summed E-state index contributed by atoms with van der Waals surface area (Å²) in [6.45, 7) is 4.89. The molecule has 2 heterocycles. The van der Waals surface area contributed by atoms with Crippen LogP contribution in [0, 0.1) is 0 Å². The molecule has 0 N–H and O–H groups in total. The van der Waals surface area contributed by atoms with Gasteiger partial charge in [0.15, 0.2) is 11.5 Å². The molecular formula is C24H24O7. The Balaban J connectivity index is 1.99. The molecule has 0 spiro atoms. The van der Waals surface area contributed by atoms with Crippen LogP contribution < -0.4 is 19.6 Å². The zero-order valence-electron chi connectivity index (χ0n) is 17.8. The lowest BCUT2D eigenvalue weighted by atomic mass is 10.00. The van der Waals surface area contributed by atoms with Crippen molar-refractivity contribution in [3.63, 3.8) is 0 Å². The second-order valence-corrected chi connectivity index (χ2v) is 7.08. The first-order valence-electron chi connectivity index (χ1n) is 10.3. The zero-order chi connectivity index (χ0) is 22.0. The van der Waals surface area contributed by atoms with Crippen molar-refractivity contribution in [3.05, 3.63) is 51.9 Å². The van der Waals surface area contributed by atoms with Gasteiger partial charge in [-0.15, -0.1) is 0 Å². The minimum atomic E-state index is -0.706. The number of hydrogen-bond acceptors (Lipinski definition) is 7. The molecule has 0 radical (unpaired) electrons. The predicted molar refractivity (Wildman–Crippen MR) is 115 cm³/mol. The molecule has 7 nitrogen and oxygen atoms in total. The van der Waals surface area contributed by atoms with Gasteiger partial charge in [0, 0.05) is 12.5 Å².